The molecule has 0 saturated heterocycles. The van der Waals surface area contributed by atoms with E-state index in [1.165, 1.54) is 12.1 Å². The number of carbonyl (C=O) groups is 1. The largest absolute Gasteiger partial charge is 0.433 e. The SMILES string of the molecule is CNN(C)C(=O)c1ccc(-c2cc(C(F)(F)F)n(C)n2)s1. The van der Waals surface area contributed by atoms with Crippen molar-refractivity contribution in [3.05, 3.63) is 28.8 Å². The number of aromatic nitrogens is 2. The molecule has 2 aromatic rings. The van der Waals surface area contributed by atoms with Crippen LogP contribution in [0.3, 0.4) is 0 Å². The summed E-state index contributed by atoms with van der Waals surface area (Å²) in [6.45, 7) is 0. The summed E-state index contributed by atoms with van der Waals surface area (Å²) in [7, 11) is 4.39. The van der Waals surface area contributed by atoms with Gasteiger partial charge in [0.05, 0.1) is 9.75 Å². The lowest BCUT2D eigenvalue weighted by Crippen LogP contribution is -2.36. The lowest BCUT2D eigenvalue weighted by molar-refractivity contribution is -0.143. The average molecular weight is 318 g/mol. The fourth-order valence-corrected chi connectivity index (χ4v) is 2.65. The number of halogens is 3. The molecule has 0 spiro atoms. The first-order valence-corrected chi connectivity index (χ1v) is 6.72. The van der Waals surface area contributed by atoms with Gasteiger partial charge in [0, 0.05) is 21.1 Å². The van der Waals surface area contributed by atoms with Crippen LogP contribution in [0.15, 0.2) is 18.2 Å². The molecule has 21 heavy (non-hydrogen) atoms. The fraction of sp³-hybridized carbons (Fsp3) is 0.333. The van der Waals surface area contributed by atoms with E-state index in [4.69, 9.17) is 0 Å². The number of rotatable bonds is 3. The van der Waals surface area contributed by atoms with Gasteiger partial charge in [-0.25, -0.2) is 5.43 Å². The number of nitrogens with zero attached hydrogens (tertiary/aromatic N) is 3. The van der Waals surface area contributed by atoms with Crippen LogP contribution in [0, 0.1) is 0 Å². The highest BCUT2D eigenvalue weighted by Crippen LogP contribution is 2.34. The first-order valence-electron chi connectivity index (χ1n) is 5.91. The van der Waals surface area contributed by atoms with Crippen LogP contribution in [0.1, 0.15) is 15.4 Å². The molecule has 0 unspecified atom stereocenters. The third-order valence-corrected chi connectivity index (χ3v) is 3.98. The summed E-state index contributed by atoms with van der Waals surface area (Å²) < 4.78 is 39.0. The number of nitrogens with one attached hydrogen (secondary N) is 1. The number of thiophene rings is 1. The molecule has 2 rings (SSSR count). The zero-order valence-corrected chi connectivity index (χ0v) is 12.3. The van der Waals surface area contributed by atoms with E-state index in [2.05, 4.69) is 10.5 Å². The van der Waals surface area contributed by atoms with E-state index in [-0.39, 0.29) is 11.6 Å². The Kier molecular flexibility index (Phi) is 4.06. The van der Waals surface area contributed by atoms with Gasteiger partial charge in [-0.2, -0.15) is 18.3 Å². The van der Waals surface area contributed by atoms with Crippen molar-refractivity contribution in [1.82, 2.24) is 20.2 Å². The Bertz CT molecular complexity index is 662. The number of carbonyl (C=O) groups excluding carboxylic acids is 1. The van der Waals surface area contributed by atoms with Gasteiger partial charge in [-0.15, -0.1) is 11.3 Å². The minimum Gasteiger partial charge on any atom is -0.277 e. The average Bonchev–Trinajstić information content (AvgIpc) is 3.02. The van der Waals surface area contributed by atoms with Gasteiger partial charge in [0.1, 0.15) is 11.4 Å². The van der Waals surface area contributed by atoms with E-state index in [1.54, 1.807) is 26.2 Å². The lowest BCUT2D eigenvalue weighted by atomic mass is 10.3. The van der Waals surface area contributed by atoms with Crippen molar-refractivity contribution in [2.24, 2.45) is 7.05 Å². The second-order valence-corrected chi connectivity index (χ2v) is 5.37. The van der Waals surface area contributed by atoms with Crippen molar-refractivity contribution in [3.63, 3.8) is 0 Å². The van der Waals surface area contributed by atoms with Crippen molar-refractivity contribution < 1.29 is 18.0 Å². The minimum atomic E-state index is -4.46. The second kappa shape index (κ2) is 5.49. The summed E-state index contributed by atoms with van der Waals surface area (Å²) in [5.41, 5.74) is 2.03. The summed E-state index contributed by atoms with van der Waals surface area (Å²) in [4.78, 5) is 12.8. The van der Waals surface area contributed by atoms with Crippen molar-refractivity contribution >= 4 is 17.2 Å². The predicted octanol–water partition coefficient (Wildman–Crippen LogP) is 2.37. The Labute approximate surface area is 122 Å². The monoisotopic (exact) mass is 318 g/mol. The van der Waals surface area contributed by atoms with Crippen LogP contribution in [-0.2, 0) is 13.2 Å². The molecule has 0 saturated carbocycles. The van der Waals surface area contributed by atoms with Gasteiger partial charge < -0.3 is 0 Å². The number of amides is 1. The van der Waals surface area contributed by atoms with Crippen molar-refractivity contribution in [3.8, 4) is 10.6 Å². The van der Waals surface area contributed by atoms with Gasteiger partial charge in [0.15, 0.2) is 0 Å². The molecule has 0 aliphatic heterocycles. The molecule has 1 amide bonds. The van der Waals surface area contributed by atoms with Crippen LogP contribution in [0.25, 0.3) is 10.6 Å². The highest BCUT2D eigenvalue weighted by atomic mass is 32.1. The zero-order valence-electron chi connectivity index (χ0n) is 11.5. The van der Waals surface area contributed by atoms with Crippen LogP contribution in [0.4, 0.5) is 13.2 Å². The van der Waals surface area contributed by atoms with E-state index in [1.807, 2.05) is 0 Å². The van der Waals surface area contributed by atoms with E-state index in [9.17, 15) is 18.0 Å². The maximum atomic E-state index is 12.7. The van der Waals surface area contributed by atoms with Gasteiger partial charge in [-0.05, 0) is 18.2 Å². The number of hydrogen-bond acceptors (Lipinski definition) is 4. The topological polar surface area (TPSA) is 50.2 Å². The summed E-state index contributed by atoms with van der Waals surface area (Å²) in [5.74, 6) is -0.263. The third kappa shape index (κ3) is 3.08. The Hall–Kier alpha value is -1.87. The Balaban J connectivity index is 2.33. The van der Waals surface area contributed by atoms with Gasteiger partial charge >= 0.3 is 6.18 Å². The molecule has 2 heterocycles. The van der Waals surface area contributed by atoms with Gasteiger partial charge in [-0.1, -0.05) is 0 Å². The predicted molar refractivity (Wildman–Crippen MR) is 72.7 cm³/mol. The normalized spacial score (nSPS) is 11.7. The Morgan fingerprint density at radius 2 is 2.10 bits per heavy atom. The molecule has 0 aliphatic carbocycles. The summed E-state index contributed by atoms with van der Waals surface area (Å²) in [6, 6.07) is 4.13. The molecular weight excluding hydrogens is 305 g/mol. The number of hydrogen-bond donors (Lipinski definition) is 1. The highest BCUT2D eigenvalue weighted by molar-refractivity contribution is 7.17. The number of hydrazine groups is 1. The third-order valence-electron chi connectivity index (χ3n) is 2.88. The summed E-state index contributed by atoms with van der Waals surface area (Å²) in [6.07, 6.45) is -4.46. The van der Waals surface area contributed by atoms with Crippen molar-refractivity contribution in [1.29, 1.82) is 0 Å². The number of aryl methyl sites for hydroxylation is 1. The molecular formula is C12H13F3N4OS. The van der Waals surface area contributed by atoms with E-state index >= 15 is 0 Å². The molecule has 0 atom stereocenters. The zero-order chi connectivity index (χ0) is 15.8. The highest BCUT2D eigenvalue weighted by Gasteiger charge is 2.35. The molecule has 0 bridgehead atoms. The van der Waals surface area contributed by atoms with Crippen LogP contribution in [0.2, 0.25) is 0 Å². The first kappa shape index (κ1) is 15.5. The smallest absolute Gasteiger partial charge is 0.277 e. The van der Waals surface area contributed by atoms with Crippen LogP contribution < -0.4 is 5.43 Å². The number of alkyl halides is 3. The quantitative estimate of drug-likeness (QED) is 0.884. The van der Waals surface area contributed by atoms with Crippen molar-refractivity contribution in [2.75, 3.05) is 14.1 Å². The maximum absolute atomic E-state index is 12.7. The lowest BCUT2D eigenvalue weighted by Gasteiger charge is -2.13. The summed E-state index contributed by atoms with van der Waals surface area (Å²) >= 11 is 1.10. The standard InChI is InChI=1S/C12H13F3N4OS/c1-16-19(3)11(20)9-5-4-8(21-9)7-6-10(12(13,14)15)18(2)17-7/h4-6,16H,1-3H3. The molecule has 0 radical (unpaired) electrons. The molecule has 0 aliphatic rings. The van der Waals surface area contributed by atoms with Crippen molar-refractivity contribution in [2.45, 2.75) is 6.18 Å². The molecule has 114 valence electrons. The maximum Gasteiger partial charge on any atom is 0.433 e. The fourth-order valence-electron chi connectivity index (χ4n) is 1.71. The van der Waals surface area contributed by atoms with Crippen LogP contribution >= 0.6 is 11.3 Å². The Morgan fingerprint density at radius 3 is 2.62 bits per heavy atom. The molecule has 1 N–H and O–H groups in total. The summed E-state index contributed by atoms with van der Waals surface area (Å²) in [5, 5.41) is 5.14. The van der Waals surface area contributed by atoms with E-state index in [0.29, 0.717) is 9.75 Å². The van der Waals surface area contributed by atoms with Crippen LogP contribution in [-0.4, -0.2) is 34.8 Å². The molecule has 2 aromatic heterocycles. The first-order chi connectivity index (χ1) is 9.74. The van der Waals surface area contributed by atoms with Gasteiger partial charge in [0.2, 0.25) is 0 Å². The second-order valence-electron chi connectivity index (χ2n) is 4.29. The van der Waals surface area contributed by atoms with E-state index in [0.717, 1.165) is 22.1 Å². The molecule has 9 heteroatoms. The Morgan fingerprint density at radius 1 is 1.43 bits per heavy atom. The minimum absolute atomic E-state index is 0.195. The molecule has 0 aromatic carbocycles. The van der Waals surface area contributed by atoms with Gasteiger partial charge in [-0.3, -0.25) is 14.5 Å². The van der Waals surface area contributed by atoms with E-state index < -0.39 is 11.9 Å². The molecule has 5 nitrogen and oxygen atoms in total. The van der Waals surface area contributed by atoms with Crippen LogP contribution in [0.5, 0.6) is 0 Å². The molecule has 0 fully saturated rings. The van der Waals surface area contributed by atoms with Gasteiger partial charge in [0.25, 0.3) is 5.91 Å².